The summed E-state index contributed by atoms with van der Waals surface area (Å²) in [4.78, 5) is 12.3. The molecule has 2 aromatic heterocycles. The lowest BCUT2D eigenvalue weighted by Gasteiger charge is -2.06. The van der Waals surface area contributed by atoms with Crippen LogP contribution in [0.15, 0.2) is 6.33 Å². The lowest BCUT2D eigenvalue weighted by molar-refractivity contribution is 0.768. The zero-order valence-electron chi connectivity index (χ0n) is 9.68. The highest BCUT2D eigenvalue weighted by Gasteiger charge is 2.14. The molecule has 0 bridgehead atoms. The third kappa shape index (κ3) is 2.08. The Kier molecular flexibility index (Phi) is 3.23. The molecular formula is C10H13ClN6. The number of hydrogen-bond donors (Lipinski definition) is 1. The van der Waals surface area contributed by atoms with Gasteiger partial charge in [0.25, 0.3) is 0 Å². The van der Waals surface area contributed by atoms with Crippen LogP contribution in [0.25, 0.3) is 5.82 Å². The minimum absolute atomic E-state index is 0.227. The van der Waals surface area contributed by atoms with Crippen LogP contribution in [0.5, 0.6) is 0 Å². The summed E-state index contributed by atoms with van der Waals surface area (Å²) >= 11 is 5.86. The largest absolute Gasteiger partial charge is 0.393 e. The maximum atomic E-state index is 5.86. The highest BCUT2D eigenvalue weighted by molar-refractivity contribution is 6.32. The number of hydrogen-bond acceptors (Lipinski definition) is 5. The van der Waals surface area contributed by atoms with Crippen molar-refractivity contribution in [3.05, 3.63) is 23.1 Å². The number of anilines is 1. The number of aromatic nitrogens is 5. The topological polar surface area (TPSA) is 82.5 Å². The average molecular weight is 253 g/mol. The Morgan fingerprint density at radius 2 is 2.06 bits per heavy atom. The van der Waals surface area contributed by atoms with Gasteiger partial charge in [0, 0.05) is 12.8 Å². The van der Waals surface area contributed by atoms with Crippen molar-refractivity contribution in [2.24, 2.45) is 0 Å². The molecule has 0 saturated heterocycles. The number of nitrogens with two attached hydrogens (primary N) is 1. The third-order valence-corrected chi connectivity index (χ3v) is 2.67. The molecule has 2 heterocycles. The summed E-state index contributed by atoms with van der Waals surface area (Å²) in [5.41, 5.74) is 6.16. The molecule has 0 aliphatic carbocycles. The van der Waals surface area contributed by atoms with Gasteiger partial charge in [0.2, 0.25) is 0 Å². The van der Waals surface area contributed by atoms with Crippen molar-refractivity contribution < 1.29 is 0 Å². The molecule has 0 unspecified atom stereocenters. The standard InChI is InChI=1S/C10H13ClN6/c1-3-6-15-7(4-2)17(16-6)10-8(12)9(11)13-5-14-10/h5H,3-4,12H2,1-2H3. The van der Waals surface area contributed by atoms with Crippen LogP contribution < -0.4 is 5.73 Å². The van der Waals surface area contributed by atoms with Crippen LogP contribution in [0.2, 0.25) is 5.15 Å². The molecule has 0 radical (unpaired) electrons. The smallest absolute Gasteiger partial charge is 0.183 e. The number of nitrogen functional groups attached to an aromatic ring is 1. The fourth-order valence-electron chi connectivity index (χ4n) is 1.47. The van der Waals surface area contributed by atoms with Gasteiger partial charge in [-0.15, -0.1) is 5.10 Å². The molecule has 0 aromatic carbocycles. The first-order valence-electron chi connectivity index (χ1n) is 5.38. The molecule has 2 rings (SSSR count). The monoisotopic (exact) mass is 252 g/mol. The highest BCUT2D eigenvalue weighted by Crippen LogP contribution is 2.21. The van der Waals surface area contributed by atoms with Gasteiger partial charge in [-0.25, -0.2) is 15.0 Å². The van der Waals surface area contributed by atoms with E-state index in [0.717, 1.165) is 24.5 Å². The maximum Gasteiger partial charge on any atom is 0.183 e. The van der Waals surface area contributed by atoms with E-state index in [1.165, 1.54) is 6.33 Å². The molecule has 0 spiro atoms. The summed E-state index contributed by atoms with van der Waals surface area (Å²) in [7, 11) is 0. The summed E-state index contributed by atoms with van der Waals surface area (Å²) in [6, 6.07) is 0. The van der Waals surface area contributed by atoms with Crippen LogP contribution in [0.1, 0.15) is 25.5 Å². The third-order valence-electron chi connectivity index (χ3n) is 2.37. The lowest BCUT2D eigenvalue weighted by atomic mass is 10.4. The van der Waals surface area contributed by atoms with E-state index in [1.54, 1.807) is 4.68 Å². The van der Waals surface area contributed by atoms with Crippen molar-refractivity contribution >= 4 is 17.3 Å². The van der Waals surface area contributed by atoms with Crippen molar-refractivity contribution in [2.45, 2.75) is 26.7 Å². The molecule has 0 atom stereocenters. The summed E-state index contributed by atoms with van der Waals surface area (Å²) in [5, 5.41) is 4.58. The SMILES string of the molecule is CCc1nc(CC)n(-c2ncnc(Cl)c2N)n1. The fraction of sp³-hybridized carbons (Fsp3) is 0.400. The molecule has 6 nitrogen and oxygen atoms in total. The Bertz CT molecular complexity index is 536. The van der Waals surface area contributed by atoms with Crippen LogP contribution in [-0.2, 0) is 12.8 Å². The summed E-state index contributed by atoms with van der Waals surface area (Å²) in [6.07, 6.45) is 2.87. The van der Waals surface area contributed by atoms with Crippen molar-refractivity contribution in [1.29, 1.82) is 0 Å². The molecule has 2 aromatic rings. The van der Waals surface area contributed by atoms with Gasteiger partial charge in [0.15, 0.2) is 16.8 Å². The van der Waals surface area contributed by atoms with E-state index in [1.807, 2.05) is 13.8 Å². The maximum absolute atomic E-state index is 5.86. The molecule has 90 valence electrons. The number of halogens is 1. The number of nitrogens with zero attached hydrogens (tertiary/aromatic N) is 5. The van der Waals surface area contributed by atoms with E-state index < -0.39 is 0 Å². The van der Waals surface area contributed by atoms with Crippen molar-refractivity contribution in [2.75, 3.05) is 5.73 Å². The Hall–Kier alpha value is -1.69. The van der Waals surface area contributed by atoms with Crippen molar-refractivity contribution in [3.63, 3.8) is 0 Å². The molecule has 2 N–H and O–H groups in total. The number of rotatable bonds is 3. The van der Waals surface area contributed by atoms with Crippen LogP contribution in [0.4, 0.5) is 5.69 Å². The van der Waals surface area contributed by atoms with Gasteiger partial charge in [-0.2, -0.15) is 4.68 Å². The van der Waals surface area contributed by atoms with E-state index in [2.05, 4.69) is 20.1 Å². The quantitative estimate of drug-likeness (QED) is 0.836. The van der Waals surface area contributed by atoms with Crippen LogP contribution in [0, 0.1) is 0 Å². The summed E-state index contributed by atoms with van der Waals surface area (Å²) in [6.45, 7) is 3.99. The van der Waals surface area contributed by atoms with E-state index >= 15 is 0 Å². The zero-order valence-corrected chi connectivity index (χ0v) is 10.4. The van der Waals surface area contributed by atoms with Gasteiger partial charge in [-0.3, -0.25) is 0 Å². The van der Waals surface area contributed by atoms with Gasteiger partial charge >= 0.3 is 0 Å². The first-order chi connectivity index (χ1) is 8.17. The first-order valence-corrected chi connectivity index (χ1v) is 5.76. The molecule has 0 saturated carbocycles. The fourth-order valence-corrected chi connectivity index (χ4v) is 1.60. The Morgan fingerprint density at radius 1 is 1.29 bits per heavy atom. The van der Waals surface area contributed by atoms with Crippen molar-refractivity contribution in [1.82, 2.24) is 24.7 Å². The van der Waals surface area contributed by atoms with Crippen LogP contribution in [0.3, 0.4) is 0 Å². The highest BCUT2D eigenvalue weighted by atomic mass is 35.5. The van der Waals surface area contributed by atoms with Crippen molar-refractivity contribution in [3.8, 4) is 5.82 Å². The summed E-state index contributed by atoms with van der Waals surface area (Å²) < 4.78 is 1.63. The normalized spacial score (nSPS) is 10.8. The Balaban J connectivity index is 2.59. The van der Waals surface area contributed by atoms with E-state index in [4.69, 9.17) is 17.3 Å². The van der Waals surface area contributed by atoms with Crippen LogP contribution >= 0.6 is 11.6 Å². The molecule has 17 heavy (non-hydrogen) atoms. The van der Waals surface area contributed by atoms with Gasteiger partial charge < -0.3 is 5.73 Å². The van der Waals surface area contributed by atoms with Crippen LogP contribution in [-0.4, -0.2) is 24.7 Å². The molecule has 0 aliphatic rings. The minimum atomic E-state index is 0.227. The second-order valence-corrected chi connectivity index (χ2v) is 3.82. The lowest BCUT2D eigenvalue weighted by Crippen LogP contribution is -2.09. The zero-order chi connectivity index (χ0) is 12.4. The summed E-state index contributed by atoms with van der Waals surface area (Å²) in [5.74, 6) is 2.05. The number of aryl methyl sites for hydroxylation is 2. The molecule has 7 heteroatoms. The minimum Gasteiger partial charge on any atom is -0.393 e. The molecule has 0 aliphatic heterocycles. The molecular weight excluding hydrogens is 240 g/mol. The van der Waals surface area contributed by atoms with Gasteiger partial charge in [0.05, 0.1) is 0 Å². The molecule has 0 fully saturated rings. The average Bonchev–Trinajstić information content (AvgIpc) is 2.76. The Morgan fingerprint density at radius 3 is 2.71 bits per heavy atom. The van der Waals surface area contributed by atoms with Gasteiger partial charge in [0.1, 0.15) is 17.8 Å². The molecule has 0 amide bonds. The van der Waals surface area contributed by atoms with Gasteiger partial charge in [-0.05, 0) is 0 Å². The predicted octanol–water partition coefficient (Wildman–Crippen LogP) is 1.42. The van der Waals surface area contributed by atoms with Gasteiger partial charge in [-0.1, -0.05) is 25.4 Å². The van der Waals surface area contributed by atoms with E-state index in [-0.39, 0.29) is 5.15 Å². The second kappa shape index (κ2) is 4.67. The first kappa shape index (κ1) is 11.8. The second-order valence-electron chi connectivity index (χ2n) is 3.46. The van der Waals surface area contributed by atoms with E-state index in [9.17, 15) is 0 Å². The Labute approximate surface area is 104 Å². The van der Waals surface area contributed by atoms with E-state index in [0.29, 0.717) is 11.5 Å². The predicted molar refractivity (Wildman–Crippen MR) is 65.1 cm³/mol.